The van der Waals surface area contributed by atoms with E-state index in [1.54, 1.807) is 12.1 Å². The summed E-state index contributed by atoms with van der Waals surface area (Å²) in [5, 5.41) is 6.81. The minimum Gasteiger partial charge on any atom is -0.364 e. The Kier molecular flexibility index (Phi) is 4.70. The maximum atomic E-state index is 12.0. The number of nitrogens with one attached hydrogen (secondary N) is 2. The number of hydrogen-bond acceptors (Lipinski definition) is 6. The predicted octanol–water partition coefficient (Wildman–Crippen LogP) is 1.32. The van der Waals surface area contributed by atoms with Gasteiger partial charge in [-0.3, -0.25) is 0 Å². The first-order chi connectivity index (χ1) is 9.12. The highest BCUT2D eigenvalue weighted by molar-refractivity contribution is 7.91. The highest BCUT2D eigenvalue weighted by Crippen LogP contribution is 2.21. The van der Waals surface area contributed by atoms with Crippen molar-refractivity contribution in [3.05, 3.63) is 35.0 Å². The maximum Gasteiger partial charge on any atom is 0.250 e. The Bertz CT molecular complexity index is 605. The van der Waals surface area contributed by atoms with Gasteiger partial charge in [-0.15, -0.1) is 11.3 Å². The molecule has 0 saturated heterocycles. The predicted molar refractivity (Wildman–Crippen MR) is 72.2 cm³/mol. The van der Waals surface area contributed by atoms with E-state index in [9.17, 15) is 8.42 Å². The molecular formula is C11H15N3O3S2. The van der Waals surface area contributed by atoms with E-state index in [2.05, 4.69) is 19.7 Å². The van der Waals surface area contributed by atoms with Crippen LogP contribution in [0, 0.1) is 0 Å². The summed E-state index contributed by atoms with van der Waals surface area (Å²) in [6.45, 7) is 3.66. The van der Waals surface area contributed by atoms with E-state index in [-0.39, 0.29) is 6.54 Å². The van der Waals surface area contributed by atoms with E-state index in [1.165, 1.54) is 17.6 Å². The Labute approximate surface area is 115 Å². The minimum absolute atomic E-state index is 0.124. The van der Waals surface area contributed by atoms with Crippen LogP contribution < -0.4 is 10.0 Å². The topological polar surface area (TPSA) is 84.2 Å². The highest BCUT2D eigenvalue weighted by Gasteiger charge is 2.16. The van der Waals surface area contributed by atoms with Crippen molar-refractivity contribution >= 4 is 21.4 Å². The second kappa shape index (κ2) is 6.29. The lowest BCUT2D eigenvalue weighted by molar-refractivity contribution is 0.411. The number of rotatable bonds is 7. The smallest absolute Gasteiger partial charge is 0.250 e. The van der Waals surface area contributed by atoms with Crippen LogP contribution in [-0.4, -0.2) is 20.1 Å². The van der Waals surface area contributed by atoms with Gasteiger partial charge in [0, 0.05) is 17.5 Å². The zero-order valence-corrected chi connectivity index (χ0v) is 12.1. The van der Waals surface area contributed by atoms with Crippen molar-refractivity contribution < 1.29 is 12.9 Å². The summed E-state index contributed by atoms with van der Waals surface area (Å²) in [6.07, 6.45) is 1.41. The summed E-state index contributed by atoms with van der Waals surface area (Å²) in [5.74, 6) is 0. The van der Waals surface area contributed by atoms with E-state index in [0.29, 0.717) is 16.4 Å². The average molecular weight is 301 g/mol. The van der Waals surface area contributed by atoms with Crippen LogP contribution in [0.2, 0.25) is 0 Å². The monoisotopic (exact) mass is 301 g/mol. The van der Waals surface area contributed by atoms with E-state index in [0.717, 1.165) is 11.4 Å². The third kappa shape index (κ3) is 3.87. The molecule has 104 valence electrons. The minimum atomic E-state index is -3.48. The maximum absolute atomic E-state index is 12.0. The summed E-state index contributed by atoms with van der Waals surface area (Å²) >= 11 is 1.26. The third-order valence-corrected chi connectivity index (χ3v) is 5.36. The molecule has 0 aliphatic heterocycles. The molecule has 19 heavy (non-hydrogen) atoms. The van der Waals surface area contributed by atoms with Crippen LogP contribution in [0.4, 0.5) is 0 Å². The molecule has 0 atom stereocenters. The summed E-state index contributed by atoms with van der Waals surface area (Å²) in [7, 11) is -3.48. The molecule has 2 heterocycles. The number of sulfonamides is 1. The molecule has 0 aliphatic carbocycles. The van der Waals surface area contributed by atoms with Gasteiger partial charge in [0.2, 0.25) is 10.0 Å². The van der Waals surface area contributed by atoms with Crippen molar-refractivity contribution in [1.82, 2.24) is 15.2 Å². The zero-order valence-electron chi connectivity index (χ0n) is 10.4. The van der Waals surface area contributed by atoms with Gasteiger partial charge in [-0.2, -0.15) is 0 Å². The van der Waals surface area contributed by atoms with Gasteiger partial charge in [0.15, 0.2) is 0 Å². The average Bonchev–Trinajstić information content (AvgIpc) is 3.05. The van der Waals surface area contributed by atoms with E-state index in [1.807, 2.05) is 13.0 Å². The van der Waals surface area contributed by atoms with Crippen molar-refractivity contribution in [2.45, 2.75) is 24.2 Å². The Morgan fingerprint density at radius 1 is 1.32 bits per heavy atom. The van der Waals surface area contributed by atoms with Crippen LogP contribution >= 0.6 is 11.3 Å². The first-order valence-electron chi connectivity index (χ1n) is 5.80. The molecule has 2 aromatic heterocycles. The standard InChI is InChI=1S/C11H15N3O3S2/c1-2-12-8-10-3-4-11(18-10)19(15,16)13-7-9-5-6-17-14-9/h3-6,12-13H,2,7-8H2,1H3. The molecule has 0 radical (unpaired) electrons. The molecule has 0 aliphatic rings. The molecule has 2 N–H and O–H groups in total. The van der Waals surface area contributed by atoms with Gasteiger partial charge in [0.05, 0.1) is 12.2 Å². The van der Waals surface area contributed by atoms with E-state index < -0.39 is 10.0 Å². The number of aromatic nitrogens is 1. The number of nitrogens with zero attached hydrogens (tertiary/aromatic N) is 1. The molecule has 0 aromatic carbocycles. The van der Waals surface area contributed by atoms with Crippen LogP contribution in [-0.2, 0) is 23.1 Å². The molecule has 0 saturated carbocycles. The molecule has 0 fully saturated rings. The largest absolute Gasteiger partial charge is 0.364 e. The molecule has 0 unspecified atom stereocenters. The zero-order chi connectivity index (χ0) is 13.7. The Balaban J connectivity index is 2.00. The molecular weight excluding hydrogens is 286 g/mol. The van der Waals surface area contributed by atoms with Crippen molar-refractivity contribution in [3.63, 3.8) is 0 Å². The quantitative estimate of drug-likeness (QED) is 0.806. The SMILES string of the molecule is CCNCc1ccc(S(=O)(=O)NCc2ccon2)s1. The van der Waals surface area contributed by atoms with Gasteiger partial charge in [-0.05, 0) is 18.7 Å². The van der Waals surface area contributed by atoms with Gasteiger partial charge in [0.1, 0.15) is 10.5 Å². The highest BCUT2D eigenvalue weighted by atomic mass is 32.2. The molecule has 0 amide bonds. The summed E-state index contributed by atoms with van der Waals surface area (Å²) in [4.78, 5) is 0.990. The third-order valence-electron chi connectivity index (χ3n) is 2.39. The molecule has 0 bridgehead atoms. The normalized spacial score (nSPS) is 11.8. The summed E-state index contributed by atoms with van der Waals surface area (Å²) in [5.41, 5.74) is 0.549. The number of thiophene rings is 1. The van der Waals surface area contributed by atoms with Crippen molar-refractivity contribution in [3.8, 4) is 0 Å². The van der Waals surface area contributed by atoms with Crippen LogP contribution in [0.3, 0.4) is 0 Å². The van der Waals surface area contributed by atoms with E-state index >= 15 is 0 Å². The fourth-order valence-corrected chi connectivity index (χ4v) is 3.78. The first kappa shape index (κ1) is 14.2. The lowest BCUT2D eigenvalue weighted by atomic mass is 10.4. The van der Waals surface area contributed by atoms with Crippen LogP contribution in [0.25, 0.3) is 0 Å². The van der Waals surface area contributed by atoms with Gasteiger partial charge >= 0.3 is 0 Å². The molecule has 2 rings (SSSR count). The van der Waals surface area contributed by atoms with Crippen LogP contribution in [0.15, 0.2) is 33.2 Å². The second-order valence-electron chi connectivity index (χ2n) is 3.82. The van der Waals surface area contributed by atoms with Crippen LogP contribution in [0.5, 0.6) is 0 Å². The summed E-state index contributed by atoms with van der Waals surface area (Å²) in [6, 6.07) is 5.05. The van der Waals surface area contributed by atoms with E-state index in [4.69, 9.17) is 0 Å². The lowest BCUT2D eigenvalue weighted by Crippen LogP contribution is -2.22. The molecule has 0 spiro atoms. The summed E-state index contributed by atoms with van der Waals surface area (Å²) < 4.78 is 31.5. The number of hydrogen-bond donors (Lipinski definition) is 2. The van der Waals surface area contributed by atoms with Gasteiger partial charge in [-0.25, -0.2) is 13.1 Å². The second-order valence-corrected chi connectivity index (χ2v) is 6.98. The Morgan fingerprint density at radius 3 is 2.84 bits per heavy atom. The van der Waals surface area contributed by atoms with Gasteiger partial charge in [-0.1, -0.05) is 12.1 Å². The van der Waals surface area contributed by atoms with Crippen LogP contribution in [0.1, 0.15) is 17.5 Å². The van der Waals surface area contributed by atoms with Crippen molar-refractivity contribution in [2.24, 2.45) is 0 Å². The fraction of sp³-hybridized carbons (Fsp3) is 0.364. The lowest BCUT2D eigenvalue weighted by Gasteiger charge is -2.02. The molecule has 8 heteroatoms. The Hall–Kier alpha value is -1.22. The molecule has 6 nitrogen and oxygen atoms in total. The molecule has 2 aromatic rings. The van der Waals surface area contributed by atoms with Gasteiger partial charge < -0.3 is 9.84 Å². The first-order valence-corrected chi connectivity index (χ1v) is 8.10. The van der Waals surface area contributed by atoms with Gasteiger partial charge in [0.25, 0.3) is 0 Å². The van der Waals surface area contributed by atoms with Crippen molar-refractivity contribution in [2.75, 3.05) is 6.54 Å². The Morgan fingerprint density at radius 2 is 2.16 bits per heavy atom. The fourth-order valence-electron chi connectivity index (χ4n) is 1.41. The van der Waals surface area contributed by atoms with Crippen molar-refractivity contribution in [1.29, 1.82) is 0 Å².